The lowest BCUT2D eigenvalue weighted by Crippen LogP contribution is -2.40. The normalized spacial score (nSPS) is 22.7. The molecule has 1 aliphatic rings. The molecule has 18 heavy (non-hydrogen) atoms. The highest BCUT2D eigenvalue weighted by Crippen LogP contribution is 2.27. The molecule has 3 N–H and O–H groups in total. The number of aromatic amines is 1. The van der Waals surface area contributed by atoms with Crippen molar-refractivity contribution in [2.24, 2.45) is 5.92 Å². The van der Waals surface area contributed by atoms with E-state index in [9.17, 15) is 9.90 Å². The number of aromatic nitrogens is 1. The van der Waals surface area contributed by atoms with Crippen LogP contribution in [0.2, 0.25) is 0 Å². The Morgan fingerprint density at radius 1 is 1.39 bits per heavy atom. The van der Waals surface area contributed by atoms with E-state index in [1.54, 1.807) is 0 Å². The summed E-state index contributed by atoms with van der Waals surface area (Å²) < 4.78 is 0. The highest BCUT2D eigenvalue weighted by molar-refractivity contribution is 5.84. The monoisotopic (exact) mass is 244 g/mol. The minimum atomic E-state index is -0.283. The quantitative estimate of drug-likeness (QED) is 0.767. The molecule has 4 heteroatoms. The molecule has 1 heterocycles. The van der Waals surface area contributed by atoms with Crippen LogP contribution in [0.25, 0.3) is 10.9 Å². The predicted molar refractivity (Wildman–Crippen MR) is 68.9 cm³/mol. The fraction of sp³-hybridized carbons (Fsp3) is 0.357. The summed E-state index contributed by atoms with van der Waals surface area (Å²) in [7, 11) is 0. The Labute approximate surface area is 105 Å². The Hall–Kier alpha value is -1.81. The number of amides is 1. The Morgan fingerprint density at radius 3 is 3.00 bits per heavy atom. The first-order chi connectivity index (χ1) is 8.74. The van der Waals surface area contributed by atoms with Crippen molar-refractivity contribution in [3.63, 3.8) is 0 Å². The van der Waals surface area contributed by atoms with E-state index in [4.69, 9.17) is 0 Å². The molecule has 0 atom stereocenters. The summed E-state index contributed by atoms with van der Waals surface area (Å²) in [5.74, 6) is 0.0401. The van der Waals surface area contributed by atoms with E-state index >= 15 is 0 Å². The maximum Gasteiger partial charge on any atom is 0.223 e. The van der Waals surface area contributed by atoms with Gasteiger partial charge in [-0.3, -0.25) is 4.79 Å². The van der Waals surface area contributed by atoms with Gasteiger partial charge in [0.25, 0.3) is 0 Å². The molecule has 0 saturated heterocycles. The Kier molecular flexibility index (Phi) is 2.80. The van der Waals surface area contributed by atoms with Gasteiger partial charge in [-0.25, -0.2) is 0 Å². The molecular formula is C14H16N2O2. The van der Waals surface area contributed by atoms with E-state index in [0.29, 0.717) is 19.4 Å². The van der Waals surface area contributed by atoms with Gasteiger partial charge in [-0.05, 0) is 30.5 Å². The lowest BCUT2D eigenvalue weighted by atomic mass is 9.82. The van der Waals surface area contributed by atoms with Gasteiger partial charge in [0.2, 0.25) is 5.91 Å². The van der Waals surface area contributed by atoms with Crippen molar-refractivity contribution in [2.45, 2.75) is 25.5 Å². The molecule has 0 radical (unpaired) electrons. The highest BCUT2D eigenvalue weighted by Gasteiger charge is 2.32. The van der Waals surface area contributed by atoms with Gasteiger partial charge in [0.15, 0.2) is 0 Å². The van der Waals surface area contributed by atoms with Gasteiger partial charge in [-0.1, -0.05) is 12.1 Å². The van der Waals surface area contributed by atoms with Crippen LogP contribution in [0.15, 0.2) is 30.5 Å². The molecule has 1 aromatic carbocycles. The molecule has 4 nitrogen and oxygen atoms in total. The van der Waals surface area contributed by atoms with Gasteiger partial charge in [-0.2, -0.15) is 0 Å². The number of carbonyl (C=O) groups is 1. The number of aliphatic hydroxyl groups is 1. The van der Waals surface area contributed by atoms with Crippen molar-refractivity contribution in [3.05, 3.63) is 36.0 Å². The number of hydrogen-bond donors (Lipinski definition) is 3. The fourth-order valence-electron chi connectivity index (χ4n) is 2.43. The molecule has 0 bridgehead atoms. The zero-order valence-corrected chi connectivity index (χ0v) is 10.0. The van der Waals surface area contributed by atoms with Crippen LogP contribution in [-0.4, -0.2) is 22.1 Å². The van der Waals surface area contributed by atoms with E-state index in [-0.39, 0.29) is 17.9 Å². The number of H-pyrrole nitrogens is 1. The number of fused-ring (bicyclic) bond motifs is 1. The molecule has 1 aromatic heterocycles. The van der Waals surface area contributed by atoms with Gasteiger partial charge in [-0.15, -0.1) is 0 Å². The van der Waals surface area contributed by atoms with Gasteiger partial charge in [0.1, 0.15) is 0 Å². The zero-order chi connectivity index (χ0) is 12.5. The third-order valence-electron chi connectivity index (χ3n) is 3.62. The van der Waals surface area contributed by atoms with Crippen LogP contribution in [0.1, 0.15) is 18.4 Å². The number of hydrogen-bond acceptors (Lipinski definition) is 2. The summed E-state index contributed by atoms with van der Waals surface area (Å²) in [5.41, 5.74) is 2.20. The van der Waals surface area contributed by atoms with Crippen LogP contribution in [0, 0.1) is 5.92 Å². The number of aliphatic hydroxyl groups excluding tert-OH is 1. The average Bonchev–Trinajstić information content (AvgIpc) is 2.80. The third kappa shape index (κ3) is 1.99. The second-order valence-electron chi connectivity index (χ2n) is 4.90. The SMILES string of the molecule is O=C(NCc1cccc2[nH]ccc12)C1CC(O)C1. The standard InChI is InChI=1S/C14H16N2O2/c17-11-6-10(7-11)14(18)16-8-9-2-1-3-13-12(9)4-5-15-13/h1-5,10-11,15,17H,6-8H2,(H,16,18). The topological polar surface area (TPSA) is 65.1 Å². The molecule has 94 valence electrons. The van der Waals surface area contributed by atoms with Crippen LogP contribution in [0.3, 0.4) is 0 Å². The van der Waals surface area contributed by atoms with Crippen molar-refractivity contribution < 1.29 is 9.90 Å². The van der Waals surface area contributed by atoms with Crippen molar-refractivity contribution in [1.29, 1.82) is 0 Å². The molecule has 1 saturated carbocycles. The largest absolute Gasteiger partial charge is 0.393 e. The summed E-state index contributed by atoms with van der Waals surface area (Å²) in [5, 5.41) is 13.3. The summed E-state index contributed by atoms with van der Waals surface area (Å²) in [4.78, 5) is 14.9. The van der Waals surface area contributed by atoms with Crippen molar-refractivity contribution in [3.8, 4) is 0 Å². The van der Waals surface area contributed by atoms with Crippen LogP contribution in [0.5, 0.6) is 0 Å². The van der Waals surface area contributed by atoms with E-state index in [1.807, 2.05) is 30.5 Å². The highest BCUT2D eigenvalue weighted by atomic mass is 16.3. The lowest BCUT2D eigenvalue weighted by Gasteiger charge is -2.30. The zero-order valence-electron chi connectivity index (χ0n) is 10.0. The number of rotatable bonds is 3. The molecule has 0 unspecified atom stereocenters. The smallest absolute Gasteiger partial charge is 0.223 e. The fourth-order valence-corrected chi connectivity index (χ4v) is 2.43. The molecule has 3 rings (SSSR count). The minimum absolute atomic E-state index is 0.00886. The number of nitrogens with one attached hydrogen (secondary N) is 2. The Balaban J connectivity index is 1.66. The maximum absolute atomic E-state index is 11.8. The minimum Gasteiger partial charge on any atom is -0.393 e. The van der Waals surface area contributed by atoms with Gasteiger partial charge >= 0.3 is 0 Å². The van der Waals surface area contributed by atoms with Gasteiger partial charge in [0, 0.05) is 29.6 Å². The summed E-state index contributed by atoms with van der Waals surface area (Å²) >= 11 is 0. The Morgan fingerprint density at radius 2 is 2.22 bits per heavy atom. The van der Waals surface area contributed by atoms with Crippen LogP contribution in [0.4, 0.5) is 0 Å². The molecule has 0 spiro atoms. The maximum atomic E-state index is 11.8. The van der Waals surface area contributed by atoms with Crippen molar-refractivity contribution in [1.82, 2.24) is 10.3 Å². The van der Waals surface area contributed by atoms with E-state index < -0.39 is 0 Å². The molecule has 1 aliphatic carbocycles. The van der Waals surface area contributed by atoms with Crippen molar-refractivity contribution in [2.75, 3.05) is 0 Å². The van der Waals surface area contributed by atoms with Crippen LogP contribution in [-0.2, 0) is 11.3 Å². The lowest BCUT2D eigenvalue weighted by molar-refractivity contribution is -0.131. The molecule has 1 fully saturated rings. The third-order valence-corrected chi connectivity index (χ3v) is 3.62. The first-order valence-corrected chi connectivity index (χ1v) is 6.25. The van der Waals surface area contributed by atoms with Crippen LogP contribution < -0.4 is 5.32 Å². The van der Waals surface area contributed by atoms with Crippen LogP contribution >= 0.6 is 0 Å². The van der Waals surface area contributed by atoms with Gasteiger partial charge in [0.05, 0.1) is 6.10 Å². The molecule has 0 aliphatic heterocycles. The van der Waals surface area contributed by atoms with Gasteiger partial charge < -0.3 is 15.4 Å². The molecule has 1 amide bonds. The Bertz CT molecular complexity index is 570. The molecule has 2 aromatic rings. The first-order valence-electron chi connectivity index (χ1n) is 6.25. The number of benzene rings is 1. The summed E-state index contributed by atoms with van der Waals surface area (Å²) in [6, 6.07) is 8.03. The molecular weight excluding hydrogens is 228 g/mol. The summed E-state index contributed by atoms with van der Waals surface area (Å²) in [6.45, 7) is 0.542. The number of carbonyl (C=O) groups excluding carboxylic acids is 1. The second-order valence-corrected chi connectivity index (χ2v) is 4.90. The predicted octanol–water partition coefficient (Wildman–Crippen LogP) is 1.55. The first kappa shape index (κ1) is 11.3. The van der Waals surface area contributed by atoms with E-state index in [1.165, 1.54) is 0 Å². The second kappa shape index (κ2) is 4.46. The average molecular weight is 244 g/mol. The van der Waals surface area contributed by atoms with E-state index in [2.05, 4.69) is 10.3 Å². The van der Waals surface area contributed by atoms with E-state index in [0.717, 1.165) is 16.5 Å². The van der Waals surface area contributed by atoms with Crippen molar-refractivity contribution >= 4 is 16.8 Å². The summed E-state index contributed by atoms with van der Waals surface area (Å²) in [6.07, 6.45) is 2.81.